The Morgan fingerprint density at radius 2 is 2.16 bits per heavy atom. The first-order valence-corrected chi connectivity index (χ1v) is 5.91. The summed E-state index contributed by atoms with van der Waals surface area (Å²) in [6.45, 7) is 1.35. The third-order valence-corrected chi connectivity index (χ3v) is 2.28. The Bertz CT molecular complexity index is 467. The van der Waals surface area contributed by atoms with Crippen molar-refractivity contribution in [3.05, 3.63) is 29.0 Å². The van der Waals surface area contributed by atoms with Crippen LogP contribution < -0.4 is 10.1 Å². The van der Waals surface area contributed by atoms with E-state index in [1.54, 1.807) is 6.92 Å². The lowest BCUT2D eigenvalue weighted by Gasteiger charge is -2.08. The molecule has 104 valence electrons. The number of nitrogens with one attached hydrogen (secondary N) is 1. The Morgan fingerprint density at radius 3 is 2.79 bits per heavy atom. The number of amides is 1. The molecule has 5 nitrogen and oxygen atoms in total. The standard InChI is InChI=1S/C12H13ClFNO4/c1-2-18-12(17)6-15-11(16)7-19-10-4-3-8(14)5-9(10)13/h3-5H,2,6-7H2,1H3,(H,15,16). The van der Waals surface area contributed by atoms with Crippen molar-refractivity contribution in [2.75, 3.05) is 19.8 Å². The lowest BCUT2D eigenvalue weighted by atomic mass is 10.3. The van der Waals surface area contributed by atoms with Gasteiger partial charge in [-0.05, 0) is 25.1 Å². The highest BCUT2D eigenvalue weighted by molar-refractivity contribution is 6.32. The Kier molecular flexibility index (Phi) is 6.08. The zero-order chi connectivity index (χ0) is 14.3. The average Bonchev–Trinajstić information content (AvgIpc) is 2.35. The van der Waals surface area contributed by atoms with E-state index in [1.807, 2.05) is 0 Å². The van der Waals surface area contributed by atoms with Crippen molar-refractivity contribution < 1.29 is 23.5 Å². The SMILES string of the molecule is CCOC(=O)CNC(=O)COc1ccc(F)cc1Cl. The quantitative estimate of drug-likeness (QED) is 0.807. The van der Waals surface area contributed by atoms with Crippen LogP contribution in [0.25, 0.3) is 0 Å². The monoisotopic (exact) mass is 289 g/mol. The molecule has 1 aromatic rings. The van der Waals surface area contributed by atoms with Gasteiger partial charge in [0.05, 0.1) is 11.6 Å². The van der Waals surface area contributed by atoms with Crippen molar-refractivity contribution in [3.63, 3.8) is 0 Å². The van der Waals surface area contributed by atoms with Gasteiger partial charge in [0.25, 0.3) is 5.91 Å². The predicted molar refractivity (Wildman–Crippen MR) is 66.5 cm³/mol. The Balaban J connectivity index is 2.36. The molecule has 0 atom stereocenters. The fraction of sp³-hybridized carbons (Fsp3) is 0.333. The fourth-order valence-corrected chi connectivity index (χ4v) is 1.39. The van der Waals surface area contributed by atoms with Crippen molar-refractivity contribution in [2.24, 2.45) is 0 Å². The Morgan fingerprint density at radius 1 is 1.42 bits per heavy atom. The van der Waals surface area contributed by atoms with E-state index in [9.17, 15) is 14.0 Å². The van der Waals surface area contributed by atoms with E-state index in [0.717, 1.165) is 12.1 Å². The summed E-state index contributed by atoms with van der Waals surface area (Å²) in [4.78, 5) is 22.3. The summed E-state index contributed by atoms with van der Waals surface area (Å²) in [5, 5.41) is 2.38. The van der Waals surface area contributed by atoms with E-state index < -0.39 is 17.7 Å². The number of carbonyl (C=O) groups excluding carboxylic acids is 2. The van der Waals surface area contributed by atoms with Crippen LogP contribution in [0.4, 0.5) is 4.39 Å². The first kappa shape index (κ1) is 15.2. The highest BCUT2D eigenvalue weighted by Crippen LogP contribution is 2.24. The van der Waals surface area contributed by atoms with Gasteiger partial charge in [0.2, 0.25) is 0 Å². The first-order chi connectivity index (χ1) is 9.02. The van der Waals surface area contributed by atoms with Gasteiger partial charge < -0.3 is 14.8 Å². The molecule has 1 rings (SSSR count). The van der Waals surface area contributed by atoms with E-state index in [4.69, 9.17) is 16.3 Å². The van der Waals surface area contributed by atoms with Gasteiger partial charge in [-0.1, -0.05) is 11.6 Å². The molecule has 1 N–H and O–H groups in total. The molecule has 0 saturated heterocycles. The fourth-order valence-electron chi connectivity index (χ4n) is 1.17. The Hall–Kier alpha value is -1.82. The number of hydrogen-bond acceptors (Lipinski definition) is 4. The molecule has 0 fully saturated rings. The van der Waals surface area contributed by atoms with Crippen molar-refractivity contribution in [3.8, 4) is 5.75 Å². The molecule has 7 heteroatoms. The third-order valence-electron chi connectivity index (χ3n) is 1.99. The molecule has 0 aliphatic heterocycles. The molecule has 1 aromatic carbocycles. The minimum Gasteiger partial charge on any atom is -0.482 e. The van der Waals surface area contributed by atoms with E-state index in [-0.39, 0.29) is 30.5 Å². The molecule has 0 aromatic heterocycles. The maximum Gasteiger partial charge on any atom is 0.325 e. The van der Waals surface area contributed by atoms with Gasteiger partial charge in [0.1, 0.15) is 18.1 Å². The number of hydrogen-bond donors (Lipinski definition) is 1. The number of benzene rings is 1. The molecular weight excluding hydrogens is 277 g/mol. The molecule has 19 heavy (non-hydrogen) atoms. The largest absolute Gasteiger partial charge is 0.482 e. The Labute approximate surface area is 114 Å². The van der Waals surface area contributed by atoms with E-state index in [0.29, 0.717) is 0 Å². The van der Waals surface area contributed by atoms with Gasteiger partial charge in [-0.15, -0.1) is 0 Å². The summed E-state index contributed by atoms with van der Waals surface area (Å²) in [6.07, 6.45) is 0. The molecule has 0 heterocycles. The minimum atomic E-state index is -0.532. The van der Waals surface area contributed by atoms with Gasteiger partial charge >= 0.3 is 5.97 Å². The molecule has 0 aliphatic rings. The lowest BCUT2D eigenvalue weighted by Crippen LogP contribution is -2.34. The molecule has 0 spiro atoms. The molecular formula is C12H13ClFNO4. The molecule has 0 aliphatic carbocycles. The third kappa shape index (κ3) is 5.56. The lowest BCUT2D eigenvalue weighted by molar-refractivity contribution is -0.143. The van der Waals surface area contributed by atoms with Gasteiger partial charge in [-0.2, -0.15) is 0 Å². The van der Waals surface area contributed by atoms with Gasteiger partial charge in [-0.25, -0.2) is 4.39 Å². The minimum absolute atomic E-state index is 0.0678. The topological polar surface area (TPSA) is 64.6 Å². The van der Waals surface area contributed by atoms with E-state index >= 15 is 0 Å². The molecule has 0 bridgehead atoms. The number of esters is 1. The maximum atomic E-state index is 12.8. The van der Waals surface area contributed by atoms with Crippen LogP contribution in [0.1, 0.15) is 6.92 Å². The maximum absolute atomic E-state index is 12.8. The average molecular weight is 290 g/mol. The van der Waals surface area contributed by atoms with Crippen LogP contribution in [0, 0.1) is 5.82 Å². The van der Waals surface area contributed by atoms with Crippen LogP contribution in [0.15, 0.2) is 18.2 Å². The summed E-state index contributed by atoms with van der Waals surface area (Å²) in [6, 6.07) is 3.56. The summed E-state index contributed by atoms with van der Waals surface area (Å²) in [5.41, 5.74) is 0. The van der Waals surface area contributed by atoms with Crippen LogP contribution in [-0.4, -0.2) is 31.6 Å². The number of carbonyl (C=O) groups is 2. The second-order valence-corrected chi connectivity index (χ2v) is 3.85. The van der Waals surface area contributed by atoms with Crippen molar-refractivity contribution >= 4 is 23.5 Å². The molecule has 0 saturated carbocycles. The van der Waals surface area contributed by atoms with Crippen LogP contribution in [-0.2, 0) is 14.3 Å². The van der Waals surface area contributed by atoms with Crippen molar-refractivity contribution in [1.82, 2.24) is 5.32 Å². The summed E-state index contributed by atoms with van der Waals surface area (Å²) in [7, 11) is 0. The van der Waals surface area contributed by atoms with Crippen LogP contribution >= 0.6 is 11.6 Å². The highest BCUT2D eigenvalue weighted by atomic mass is 35.5. The zero-order valence-electron chi connectivity index (χ0n) is 10.2. The molecule has 1 amide bonds. The van der Waals surface area contributed by atoms with Gasteiger partial charge in [-0.3, -0.25) is 9.59 Å². The number of rotatable bonds is 6. The smallest absolute Gasteiger partial charge is 0.325 e. The van der Waals surface area contributed by atoms with Crippen LogP contribution in [0.3, 0.4) is 0 Å². The second kappa shape index (κ2) is 7.58. The van der Waals surface area contributed by atoms with E-state index in [1.165, 1.54) is 6.07 Å². The number of ether oxygens (including phenoxy) is 2. The van der Waals surface area contributed by atoms with Crippen LogP contribution in [0.5, 0.6) is 5.75 Å². The summed E-state index contributed by atoms with van der Waals surface area (Å²) < 4.78 is 22.5. The van der Waals surface area contributed by atoms with Gasteiger partial charge in [0.15, 0.2) is 6.61 Å². The summed E-state index contributed by atoms with van der Waals surface area (Å²) in [5.74, 6) is -1.34. The van der Waals surface area contributed by atoms with Crippen molar-refractivity contribution in [2.45, 2.75) is 6.92 Å². The van der Waals surface area contributed by atoms with Crippen LogP contribution in [0.2, 0.25) is 5.02 Å². The number of halogens is 2. The molecule has 0 unspecified atom stereocenters. The zero-order valence-corrected chi connectivity index (χ0v) is 11.0. The van der Waals surface area contributed by atoms with Gasteiger partial charge in [0, 0.05) is 0 Å². The first-order valence-electron chi connectivity index (χ1n) is 5.53. The van der Waals surface area contributed by atoms with Crippen molar-refractivity contribution in [1.29, 1.82) is 0 Å². The molecule has 0 radical (unpaired) electrons. The normalized spacial score (nSPS) is 9.84. The van der Waals surface area contributed by atoms with E-state index in [2.05, 4.69) is 10.1 Å². The second-order valence-electron chi connectivity index (χ2n) is 3.45. The summed E-state index contributed by atoms with van der Waals surface area (Å²) >= 11 is 5.71. The predicted octanol–water partition coefficient (Wildman–Crippen LogP) is 1.54. The highest BCUT2D eigenvalue weighted by Gasteiger charge is 2.08.